The van der Waals surface area contributed by atoms with Crippen molar-refractivity contribution < 1.29 is 15.0 Å². The van der Waals surface area contributed by atoms with Gasteiger partial charge in [0, 0.05) is 25.7 Å². The molecular weight excluding hydrogens is 242 g/mol. The van der Waals surface area contributed by atoms with Crippen LogP contribution in [0.25, 0.3) is 0 Å². The van der Waals surface area contributed by atoms with Crippen molar-refractivity contribution in [3.63, 3.8) is 0 Å². The second-order valence-electron chi connectivity index (χ2n) is 5.27. The summed E-state index contributed by atoms with van der Waals surface area (Å²) in [5, 5.41) is 18.4. The van der Waals surface area contributed by atoms with E-state index in [1.165, 1.54) is 24.0 Å². The molecule has 0 heterocycles. The van der Waals surface area contributed by atoms with Gasteiger partial charge in [0.25, 0.3) is 0 Å². The number of hydrogen-bond donors (Lipinski definition) is 2. The highest BCUT2D eigenvalue weighted by Gasteiger charge is 2.14. The second kappa shape index (κ2) is 6.06. The van der Waals surface area contributed by atoms with E-state index in [1.54, 1.807) is 0 Å². The lowest BCUT2D eigenvalue weighted by Gasteiger charge is -2.23. The molecule has 1 aromatic carbocycles. The molecule has 19 heavy (non-hydrogen) atoms. The lowest BCUT2D eigenvalue weighted by Crippen LogP contribution is -2.29. The molecule has 4 nitrogen and oxygen atoms in total. The van der Waals surface area contributed by atoms with Gasteiger partial charge in [-0.3, -0.25) is 4.79 Å². The number of hydrogen-bond acceptors (Lipinski definition) is 3. The number of aliphatic hydroxyl groups excluding tert-OH is 1. The number of aliphatic carboxylic acids is 1. The first-order valence-electron chi connectivity index (χ1n) is 6.79. The number of aliphatic hydroxyl groups is 1. The van der Waals surface area contributed by atoms with Gasteiger partial charge in [-0.1, -0.05) is 6.07 Å². The zero-order valence-corrected chi connectivity index (χ0v) is 11.3. The third-order valence-corrected chi connectivity index (χ3v) is 3.70. The molecule has 1 aliphatic carbocycles. The summed E-state index contributed by atoms with van der Waals surface area (Å²) in [4.78, 5) is 12.5. The summed E-state index contributed by atoms with van der Waals surface area (Å²) in [5.74, 6) is -0.862. The van der Waals surface area contributed by atoms with E-state index < -0.39 is 12.1 Å². The number of likely N-dealkylation sites (N-methyl/N-ethyl adjacent to an activating group) is 1. The molecule has 0 aliphatic heterocycles. The Labute approximate surface area is 113 Å². The van der Waals surface area contributed by atoms with Crippen LogP contribution in [0, 0.1) is 0 Å². The molecular formula is C15H21NO3. The first kappa shape index (κ1) is 13.9. The zero-order valence-electron chi connectivity index (χ0n) is 11.3. The van der Waals surface area contributed by atoms with Gasteiger partial charge in [0.2, 0.25) is 0 Å². The van der Waals surface area contributed by atoms with Crippen molar-refractivity contribution in [2.45, 2.75) is 38.2 Å². The number of nitrogens with zero attached hydrogens (tertiary/aromatic N) is 1. The molecule has 1 aromatic rings. The van der Waals surface area contributed by atoms with Gasteiger partial charge in [0.1, 0.15) is 0 Å². The molecule has 0 spiro atoms. The number of benzene rings is 1. The van der Waals surface area contributed by atoms with Crippen LogP contribution in [0.4, 0.5) is 5.69 Å². The maximum absolute atomic E-state index is 10.5. The van der Waals surface area contributed by atoms with Gasteiger partial charge in [0.15, 0.2) is 0 Å². The van der Waals surface area contributed by atoms with Crippen LogP contribution >= 0.6 is 0 Å². The van der Waals surface area contributed by atoms with Gasteiger partial charge < -0.3 is 15.1 Å². The second-order valence-corrected chi connectivity index (χ2v) is 5.27. The number of carbonyl (C=O) groups is 1. The Morgan fingerprint density at radius 2 is 2.11 bits per heavy atom. The first-order chi connectivity index (χ1) is 9.06. The van der Waals surface area contributed by atoms with Crippen molar-refractivity contribution >= 4 is 11.7 Å². The zero-order chi connectivity index (χ0) is 13.8. The molecule has 104 valence electrons. The quantitative estimate of drug-likeness (QED) is 0.822. The largest absolute Gasteiger partial charge is 0.481 e. The summed E-state index contributed by atoms with van der Waals surface area (Å²) in [6, 6.07) is 6.43. The van der Waals surface area contributed by atoms with E-state index in [-0.39, 0.29) is 6.42 Å². The van der Waals surface area contributed by atoms with Crippen LogP contribution < -0.4 is 4.90 Å². The predicted octanol–water partition coefficient (Wildman–Crippen LogP) is 1.84. The minimum Gasteiger partial charge on any atom is -0.481 e. The Morgan fingerprint density at radius 1 is 1.37 bits per heavy atom. The van der Waals surface area contributed by atoms with Crippen LogP contribution in [0.1, 0.15) is 30.4 Å². The minimum atomic E-state index is -0.862. The van der Waals surface area contributed by atoms with E-state index in [2.05, 4.69) is 18.2 Å². The van der Waals surface area contributed by atoms with Crippen LogP contribution in [-0.2, 0) is 17.6 Å². The molecule has 0 amide bonds. The number of aryl methyl sites for hydroxylation is 2. The average molecular weight is 263 g/mol. The van der Waals surface area contributed by atoms with Crippen molar-refractivity contribution in [2.24, 2.45) is 0 Å². The number of carboxylic acids is 1. The Morgan fingerprint density at radius 3 is 2.84 bits per heavy atom. The Bertz CT molecular complexity index is 459. The van der Waals surface area contributed by atoms with Gasteiger partial charge in [-0.15, -0.1) is 0 Å². The van der Waals surface area contributed by atoms with Crippen molar-refractivity contribution in [3.05, 3.63) is 29.3 Å². The highest BCUT2D eigenvalue weighted by molar-refractivity contribution is 5.66. The van der Waals surface area contributed by atoms with Crippen molar-refractivity contribution in [3.8, 4) is 0 Å². The third-order valence-electron chi connectivity index (χ3n) is 3.70. The molecule has 0 saturated carbocycles. The highest BCUT2D eigenvalue weighted by Crippen LogP contribution is 2.26. The lowest BCUT2D eigenvalue weighted by atomic mass is 10.1. The fraction of sp³-hybridized carbons (Fsp3) is 0.533. The van der Waals surface area contributed by atoms with Gasteiger partial charge in [-0.2, -0.15) is 0 Å². The molecule has 1 aliphatic rings. The molecule has 2 rings (SSSR count). The first-order valence-corrected chi connectivity index (χ1v) is 6.79. The molecule has 1 unspecified atom stereocenters. The summed E-state index contributed by atoms with van der Waals surface area (Å²) in [5.41, 5.74) is 3.93. The van der Waals surface area contributed by atoms with E-state index >= 15 is 0 Å². The van der Waals surface area contributed by atoms with Crippen LogP contribution in [0.15, 0.2) is 18.2 Å². The van der Waals surface area contributed by atoms with Gasteiger partial charge >= 0.3 is 5.97 Å². The molecule has 0 fully saturated rings. The van der Waals surface area contributed by atoms with Gasteiger partial charge in [0.05, 0.1) is 6.10 Å². The highest BCUT2D eigenvalue weighted by atomic mass is 16.4. The smallest absolute Gasteiger partial charge is 0.303 e. The summed E-state index contributed by atoms with van der Waals surface area (Å²) >= 11 is 0. The molecule has 1 atom stereocenters. The average Bonchev–Trinajstić information content (AvgIpc) is 2.83. The SMILES string of the molecule is CN(CC(O)CCC(=O)O)c1ccc2c(c1)CCC2. The molecule has 0 aromatic heterocycles. The van der Waals surface area contributed by atoms with Crippen molar-refractivity contribution in [1.29, 1.82) is 0 Å². The van der Waals surface area contributed by atoms with Crippen LogP contribution in [0.2, 0.25) is 0 Å². The molecule has 4 heteroatoms. The molecule has 0 saturated heterocycles. The Kier molecular flexibility index (Phi) is 4.43. The third kappa shape index (κ3) is 3.70. The van der Waals surface area contributed by atoms with Crippen LogP contribution in [-0.4, -0.2) is 35.9 Å². The summed E-state index contributed by atoms with van der Waals surface area (Å²) in [6.45, 7) is 0.464. The normalized spacial score (nSPS) is 15.1. The van der Waals surface area contributed by atoms with Gasteiger partial charge in [-0.25, -0.2) is 0 Å². The van der Waals surface area contributed by atoms with Crippen molar-refractivity contribution in [2.75, 3.05) is 18.5 Å². The van der Waals surface area contributed by atoms with Crippen LogP contribution in [0.3, 0.4) is 0 Å². The number of carboxylic acid groups (broad SMARTS) is 1. The van der Waals surface area contributed by atoms with E-state index in [9.17, 15) is 9.90 Å². The monoisotopic (exact) mass is 263 g/mol. The molecule has 2 N–H and O–H groups in total. The Hall–Kier alpha value is -1.55. The maximum Gasteiger partial charge on any atom is 0.303 e. The van der Waals surface area contributed by atoms with E-state index in [1.807, 2.05) is 11.9 Å². The fourth-order valence-corrected chi connectivity index (χ4v) is 2.60. The summed E-state index contributed by atoms with van der Waals surface area (Å²) in [7, 11) is 1.93. The lowest BCUT2D eigenvalue weighted by molar-refractivity contribution is -0.137. The topological polar surface area (TPSA) is 60.8 Å². The standard InChI is InChI=1S/C15H21NO3/c1-16(10-14(17)7-8-15(18)19)13-6-5-11-3-2-4-12(11)9-13/h5-6,9,14,17H,2-4,7-8,10H2,1H3,(H,18,19). The van der Waals surface area contributed by atoms with Crippen LogP contribution in [0.5, 0.6) is 0 Å². The predicted molar refractivity (Wildman–Crippen MR) is 74.6 cm³/mol. The van der Waals surface area contributed by atoms with Gasteiger partial charge in [-0.05, 0) is 48.9 Å². The maximum atomic E-state index is 10.5. The number of fused-ring (bicyclic) bond motifs is 1. The van der Waals surface area contributed by atoms with E-state index in [4.69, 9.17) is 5.11 Å². The van der Waals surface area contributed by atoms with E-state index in [0.717, 1.165) is 12.1 Å². The van der Waals surface area contributed by atoms with E-state index in [0.29, 0.717) is 13.0 Å². The molecule has 0 radical (unpaired) electrons. The van der Waals surface area contributed by atoms with Crippen molar-refractivity contribution in [1.82, 2.24) is 0 Å². The minimum absolute atomic E-state index is 0.0131. The molecule has 0 bridgehead atoms. The summed E-state index contributed by atoms with van der Waals surface area (Å²) in [6.07, 6.45) is 3.24. The Balaban J connectivity index is 1.92. The fourth-order valence-electron chi connectivity index (χ4n) is 2.60. The summed E-state index contributed by atoms with van der Waals surface area (Å²) < 4.78 is 0. The number of rotatable bonds is 6. The number of anilines is 1.